The summed E-state index contributed by atoms with van der Waals surface area (Å²) in [6, 6.07) is 2.01. The van der Waals surface area contributed by atoms with E-state index in [1.54, 1.807) is 12.4 Å². The molecule has 0 radical (unpaired) electrons. The highest BCUT2D eigenvalue weighted by Gasteiger charge is 2.49. The van der Waals surface area contributed by atoms with E-state index < -0.39 is 0 Å². The number of pyridine rings is 1. The van der Waals surface area contributed by atoms with E-state index in [4.69, 9.17) is 15.0 Å². The Morgan fingerprint density at radius 2 is 1.80 bits per heavy atom. The van der Waals surface area contributed by atoms with Crippen LogP contribution in [0.25, 0.3) is 6.08 Å². The number of rotatable bonds is 3. The molecule has 1 fully saturated rings. The van der Waals surface area contributed by atoms with E-state index in [1.165, 1.54) is 0 Å². The van der Waals surface area contributed by atoms with E-state index in [2.05, 4.69) is 4.98 Å². The molecule has 4 nitrogen and oxygen atoms in total. The zero-order valence-electron chi connectivity index (χ0n) is 12.9. The predicted molar refractivity (Wildman–Crippen MR) is 82.0 cm³/mol. The van der Waals surface area contributed by atoms with Gasteiger partial charge >= 0.3 is 7.12 Å². The molecule has 1 aliphatic rings. The lowest BCUT2D eigenvalue weighted by Gasteiger charge is -2.32. The van der Waals surface area contributed by atoms with Crippen molar-refractivity contribution in [3.05, 3.63) is 35.6 Å². The van der Waals surface area contributed by atoms with Crippen LogP contribution in [0.15, 0.2) is 24.4 Å². The molecule has 1 atom stereocenters. The van der Waals surface area contributed by atoms with Crippen LogP contribution in [0.3, 0.4) is 0 Å². The summed E-state index contributed by atoms with van der Waals surface area (Å²) < 4.78 is 11.8. The minimum atomic E-state index is -0.334. The van der Waals surface area contributed by atoms with Crippen molar-refractivity contribution < 1.29 is 9.31 Å². The van der Waals surface area contributed by atoms with Gasteiger partial charge in [-0.2, -0.15) is 0 Å². The first-order valence-corrected chi connectivity index (χ1v) is 6.96. The van der Waals surface area contributed by atoms with E-state index in [0.29, 0.717) is 0 Å². The van der Waals surface area contributed by atoms with Crippen LogP contribution in [0.5, 0.6) is 0 Å². The van der Waals surface area contributed by atoms with Gasteiger partial charge in [-0.25, -0.2) is 0 Å². The van der Waals surface area contributed by atoms with Gasteiger partial charge < -0.3 is 15.0 Å². The molecule has 108 valence electrons. The third kappa shape index (κ3) is 3.11. The summed E-state index contributed by atoms with van der Waals surface area (Å²) in [6.45, 7) is 10.1. The van der Waals surface area contributed by atoms with Gasteiger partial charge in [0, 0.05) is 18.4 Å². The van der Waals surface area contributed by atoms with Crippen LogP contribution in [0, 0.1) is 0 Å². The lowest BCUT2D eigenvalue weighted by Crippen LogP contribution is -2.41. The SMILES string of the molecule is C[C@@H](N)c1cncc(/C=C/B2OC(C)(C)C(C)(C)O2)c1. The molecule has 1 saturated heterocycles. The molecular formula is C15H23BN2O2. The van der Waals surface area contributed by atoms with Gasteiger partial charge in [-0.15, -0.1) is 0 Å². The summed E-state index contributed by atoms with van der Waals surface area (Å²) in [5.41, 5.74) is 7.25. The summed E-state index contributed by atoms with van der Waals surface area (Å²) in [6.07, 6.45) is 5.55. The largest absolute Gasteiger partial charge is 0.487 e. The van der Waals surface area contributed by atoms with Crippen LogP contribution < -0.4 is 5.73 Å². The standard InChI is InChI=1S/C15H23BN2O2/c1-11(17)13-8-12(9-18-10-13)6-7-16-19-14(2,3)15(4,5)20-16/h6-11H,17H2,1-5H3/b7-6+/t11-/m1/s1. The number of hydrogen-bond donors (Lipinski definition) is 1. The molecule has 0 unspecified atom stereocenters. The summed E-state index contributed by atoms with van der Waals surface area (Å²) in [7, 11) is -0.334. The maximum atomic E-state index is 5.91. The van der Waals surface area contributed by atoms with Crippen LogP contribution in [0.2, 0.25) is 0 Å². The number of hydrogen-bond acceptors (Lipinski definition) is 4. The first-order chi connectivity index (χ1) is 9.21. The predicted octanol–water partition coefficient (Wildman–Crippen LogP) is 2.75. The van der Waals surface area contributed by atoms with Gasteiger partial charge in [0.05, 0.1) is 11.2 Å². The van der Waals surface area contributed by atoms with Crippen molar-refractivity contribution in [1.29, 1.82) is 0 Å². The van der Waals surface area contributed by atoms with Gasteiger partial charge in [0.15, 0.2) is 0 Å². The van der Waals surface area contributed by atoms with Crippen molar-refractivity contribution in [3.8, 4) is 0 Å². The molecule has 5 heteroatoms. The molecule has 1 aliphatic heterocycles. The zero-order chi connectivity index (χ0) is 15.0. The lowest BCUT2D eigenvalue weighted by molar-refractivity contribution is 0.00578. The molecule has 2 rings (SSSR count). The molecule has 0 aromatic carbocycles. The lowest BCUT2D eigenvalue weighted by atomic mass is 9.89. The van der Waals surface area contributed by atoms with E-state index in [9.17, 15) is 0 Å². The fourth-order valence-corrected chi connectivity index (χ4v) is 1.97. The van der Waals surface area contributed by atoms with Crippen molar-refractivity contribution in [3.63, 3.8) is 0 Å². The minimum Gasteiger partial charge on any atom is -0.400 e. The second kappa shape index (κ2) is 5.32. The Morgan fingerprint density at radius 1 is 1.20 bits per heavy atom. The molecule has 0 aliphatic carbocycles. The fourth-order valence-electron chi connectivity index (χ4n) is 1.97. The smallest absolute Gasteiger partial charge is 0.400 e. The summed E-state index contributed by atoms with van der Waals surface area (Å²) in [5, 5.41) is 0. The van der Waals surface area contributed by atoms with Gasteiger partial charge in [0.1, 0.15) is 0 Å². The average molecular weight is 274 g/mol. The van der Waals surface area contributed by atoms with Gasteiger partial charge in [0.25, 0.3) is 0 Å². The van der Waals surface area contributed by atoms with E-state index in [1.807, 2.05) is 52.7 Å². The van der Waals surface area contributed by atoms with Gasteiger partial charge in [0.2, 0.25) is 0 Å². The molecule has 0 bridgehead atoms. The Hall–Kier alpha value is -1.17. The van der Waals surface area contributed by atoms with Crippen LogP contribution in [-0.2, 0) is 9.31 Å². The van der Waals surface area contributed by atoms with Crippen molar-refractivity contribution >= 4 is 13.2 Å². The quantitative estimate of drug-likeness (QED) is 0.861. The molecule has 20 heavy (non-hydrogen) atoms. The highest BCUT2D eigenvalue weighted by molar-refractivity contribution is 6.52. The van der Waals surface area contributed by atoms with E-state index in [-0.39, 0.29) is 24.4 Å². The topological polar surface area (TPSA) is 57.4 Å². The molecule has 2 N–H and O–H groups in total. The molecule has 1 aromatic rings. The minimum absolute atomic E-state index is 0.0207. The van der Waals surface area contributed by atoms with Crippen molar-refractivity contribution in [2.75, 3.05) is 0 Å². The molecular weight excluding hydrogens is 251 g/mol. The Kier molecular flexibility index (Phi) is 4.05. The Bertz CT molecular complexity index is 496. The summed E-state index contributed by atoms with van der Waals surface area (Å²) >= 11 is 0. The molecule has 1 aromatic heterocycles. The zero-order valence-corrected chi connectivity index (χ0v) is 12.9. The van der Waals surface area contributed by atoms with Crippen molar-refractivity contribution in [1.82, 2.24) is 4.98 Å². The van der Waals surface area contributed by atoms with Gasteiger partial charge in [-0.05, 0) is 51.8 Å². The number of aromatic nitrogens is 1. The highest BCUT2D eigenvalue weighted by atomic mass is 16.7. The third-order valence-electron chi connectivity index (χ3n) is 4.02. The maximum absolute atomic E-state index is 5.91. The summed E-state index contributed by atoms with van der Waals surface area (Å²) in [5.74, 6) is 1.92. The fraction of sp³-hybridized carbons (Fsp3) is 0.533. The van der Waals surface area contributed by atoms with Crippen LogP contribution in [0.1, 0.15) is 51.8 Å². The van der Waals surface area contributed by atoms with Gasteiger partial charge in [-0.1, -0.05) is 12.1 Å². The molecule has 2 heterocycles. The Labute approximate surface area is 121 Å². The third-order valence-corrected chi connectivity index (χ3v) is 4.02. The van der Waals surface area contributed by atoms with Crippen molar-refractivity contribution in [2.45, 2.75) is 51.9 Å². The molecule has 0 saturated carbocycles. The first-order valence-electron chi connectivity index (χ1n) is 6.96. The summed E-state index contributed by atoms with van der Waals surface area (Å²) in [4.78, 5) is 4.20. The van der Waals surface area contributed by atoms with E-state index >= 15 is 0 Å². The van der Waals surface area contributed by atoms with Crippen LogP contribution >= 0.6 is 0 Å². The van der Waals surface area contributed by atoms with Crippen LogP contribution in [-0.4, -0.2) is 23.3 Å². The Morgan fingerprint density at radius 3 is 2.35 bits per heavy atom. The van der Waals surface area contributed by atoms with Crippen molar-refractivity contribution in [2.24, 2.45) is 5.73 Å². The monoisotopic (exact) mass is 274 g/mol. The van der Waals surface area contributed by atoms with Gasteiger partial charge in [-0.3, -0.25) is 4.98 Å². The number of nitrogens with two attached hydrogens (primary N) is 1. The second-order valence-corrected chi connectivity index (χ2v) is 6.32. The second-order valence-electron chi connectivity index (χ2n) is 6.32. The maximum Gasteiger partial charge on any atom is 0.487 e. The Balaban J connectivity index is 2.10. The molecule has 0 amide bonds. The highest BCUT2D eigenvalue weighted by Crippen LogP contribution is 2.37. The molecule has 0 spiro atoms. The average Bonchev–Trinajstić information content (AvgIpc) is 2.56. The van der Waals surface area contributed by atoms with Crippen LogP contribution in [0.4, 0.5) is 0 Å². The number of nitrogens with zero attached hydrogens (tertiary/aromatic N) is 1. The normalized spacial score (nSPS) is 22.4. The van der Waals surface area contributed by atoms with E-state index in [0.717, 1.165) is 11.1 Å². The first kappa shape index (κ1) is 15.2.